The standard InChI is InChI=1S/C21H27N5O/c1-2-18-19(3-1)23-20(17-4-7-22-8-5-17)24-21(18)26-11-9-25(10-12-26)14-16-6-13-27-15-16/h4-5,7-8,16H,1-3,6,9-15H2. The molecule has 2 aliphatic heterocycles. The number of pyridine rings is 1. The van der Waals surface area contributed by atoms with Gasteiger partial charge < -0.3 is 9.64 Å². The van der Waals surface area contributed by atoms with Crippen LogP contribution in [0, 0.1) is 5.92 Å². The molecule has 0 spiro atoms. The first-order valence-electron chi connectivity index (χ1n) is 10.2. The average Bonchev–Trinajstić information content (AvgIpc) is 3.40. The Morgan fingerprint density at radius 3 is 2.67 bits per heavy atom. The van der Waals surface area contributed by atoms with Gasteiger partial charge in [0.2, 0.25) is 0 Å². The predicted molar refractivity (Wildman–Crippen MR) is 105 cm³/mol. The molecule has 6 nitrogen and oxygen atoms in total. The van der Waals surface area contributed by atoms with E-state index in [9.17, 15) is 0 Å². The lowest BCUT2D eigenvalue weighted by atomic mass is 10.1. The first kappa shape index (κ1) is 17.1. The summed E-state index contributed by atoms with van der Waals surface area (Å²) < 4.78 is 5.54. The van der Waals surface area contributed by atoms with Crippen LogP contribution in [0.3, 0.4) is 0 Å². The van der Waals surface area contributed by atoms with E-state index in [1.807, 2.05) is 24.5 Å². The monoisotopic (exact) mass is 365 g/mol. The molecule has 0 aromatic carbocycles. The molecule has 142 valence electrons. The summed E-state index contributed by atoms with van der Waals surface area (Å²) in [4.78, 5) is 19.1. The molecule has 1 unspecified atom stereocenters. The third kappa shape index (κ3) is 3.56. The third-order valence-electron chi connectivity index (χ3n) is 6.06. The molecule has 6 heteroatoms. The summed E-state index contributed by atoms with van der Waals surface area (Å²) in [5.74, 6) is 2.74. The van der Waals surface area contributed by atoms with Gasteiger partial charge in [-0.2, -0.15) is 0 Å². The number of anilines is 1. The largest absolute Gasteiger partial charge is 0.381 e. The molecule has 5 rings (SSSR count). The molecule has 4 heterocycles. The van der Waals surface area contributed by atoms with E-state index in [2.05, 4.69) is 14.8 Å². The van der Waals surface area contributed by atoms with Gasteiger partial charge >= 0.3 is 0 Å². The number of ether oxygens (including phenoxy) is 1. The number of hydrogen-bond donors (Lipinski definition) is 0. The van der Waals surface area contributed by atoms with E-state index in [0.29, 0.717) is 0 Å². The number of fused-ring (bicyclic) bond motifs is 1. The fourth-order valence-electron chi connectivity index (χ4n) is 4.54. The second-order valence-electron chi connectivity index (χ2n) is 7.90. The minimum Gasteiger partial charge on any atom is -0.381 e. The molecule has 1 atom stereocenters. The Labute approximate surface area is 160 Å². The van der Waals surface area contributed by atoms with Crippen molar-refractivity contribution in [3.63, 3.8) is 0 Å². The van der Waals surface area contributed by atoms with Crippen LogP contribution in [0.2, 0.25) is 0 Å². The zero-order valence-corrected chi connectivity index (χ0v) is 15.8. The van der Waals surface area contributed by atoms with Gasteiger partial charge in [0.05, 0.1) is 6.61 Å². The van der Waals surface area contributed by atoms with Crippen LogP contribution in [-0.4, -0.2) is 65.8 Å². The van der Waals surface area contributed by atoms with Gasteiger partial charge in [-0.15, -0.1) is 0 Å². The molecular weight excluding hydrogens is 338 g/mol. The van der Waals surface area contributed by atoms with Crippen molar-refractivity contribution in [3.05, 3.63) is 35.8 Å². The number of hydrogen-bond acceptors (Lipinski definition) is 6. The molecule has 2 aromatic heterocycles. The fourth-order valence-corrected chi connectivity index (χ4v) is 4.54. The molecule has 1 aliphatic carbocycles. The molecule has 27 heavy (non-hydrogen) atoms. The zero-order valence-electron chi connectivity index (χ0n) is 15.8. The smallest absolute Gasteiger partial charge is 0.161 e. The second kappa shape index (κ2) is 7.52. The lowest BCUT2D eigenvalue weighted by molar-refractivity contribution is 0.164. The zero-order chi connectivity index (χ0) is 18.1. The van der Waals surface area contributed by atoms with Crippen LogP contribution in [0.4, 0.5) is 5.82 Å². The summed E-state index contributed by atoms with van der Waals surface area (Å²) in [5, 5.41) is 0. The Morgan fingerprint density at radius 1 is 1.04 bits per heavy atom. The lowest BCUT2D eigenvalue weighted by Gasteiger charge is -2.37. The topological polar surface area (TPSA) is 54.4 Å². The van der Waals surface area contributed by atoms with Crippen molar-refractivity contribution >= 4 is 5.82 Å². The molecule has 0 N–H and O–H groups in total. The highest BCUT2D eigenvalue weighted by atomic mass is 16.5. The minimum atomic E-state index is 0.721. The van der Waals surface area contributed by atoms with Gasteiger partial charge in [-0.3, -0.25) is 9.88 Å². The number of piperazine rings is 1. The summed E-state index contributed by atoms with van der Waals surface area (Å²) in [6, 6.07) is 4.00. The maximum atomic E-state index is 5.54. The van der Waals surface area contributed by atoms with Gasteiger partial charge in [-0.1, -0.05) is 0 Å². The Bertz CT molecular complexity index is 783. The quantitative estimate of drug-likeness (QED) is 0.828. The van der Waals surface area contributed by atoms with Gasteiger partial charge in [0.1, 0.15) is 5.82 Å². The predicted octanol–water partition coefficient (Wildman–Crippen LogP) is 2.19. The fraction of sp³-hybridized carbons (Fsp3) is 0.571. The highest BCUT2D eigenvalue weighted by molar-refractivity contribution is 5.61. The van der Waals surface area contributed by atoms with Crippen molar-refractivity contribution in [2.45, 2.75) is 25.7 Å². The van der Waals surface area contributed by atoms with E-state index in [0.717, 1.165) is 69.5 Å². The third-order valence-corrected chi connectivity index (χ3v) is 6.06. The van der Waals surface area contributed by atoms with Gasteiger partial charge in [0, 0.05) is 68.5 Å². The first-order valence-corrected chi connectivity index (χ1v) is 10.2. The highest BCUT2D eigenvalue weighted by Gasteiger charge is 2.27. The van der Waals surface area contributed by atoms with Gasteiger partial charge in [0.25, 0.3) is 0 Å². The molecule has 0 bridgehead atoms. The maximum absolute atomic E-state index is 5.54. The van der Waals surface area contributed by atoms with Crippen LogP contribution in [0.5, 0.6) is 0 Å². The van der Waals surface area contributed by atoms with Crippen LogP contribution < -0.4 is 4.90 Å². The van der Waals surface area contributed by atoms with Gasteiger partial charge in [-0.05, 0) is 43.7 Å². The normalized spacial score (nSPS) is 23.0. The van der Waals surface area contributed by atoms with Crippen LogP contribution in [-0.2, 0) is 17.6 Å². The second-order valence-corrected chi connectivity index (χ2v) is 7.90. The summed E-state index contributed by atoms with van der Waals surface area (Å²) >= 11 is 0. The summed E-state index contributed by atoms with van der Waals surface area (Å²) in [6.07, 6.45) is 8.23. The Hall–Kier alpha value is -2.05. The summed E-state index contributed by atoms with van der Waals surface area (Å²) in [7, 11) is 0. The summed E-state index contributed by atoms with van der Waals surface area (Å²) in [6.45, 7) is 7.38. The van der Waals surface area contributed by atoms with Crippen molar-refractivity contribution < 1.29 is 4.74 Å². The first-order chi connectivity index (χ1) is 13.4. The maximum Gasteiger partial charge on any atom is 0.161 e. The number of aromatic nitrogens is 3. The number of rotatable bonds is 4. The highest BCUT2D eigenvalue weighted by Crippen LogP contribution is 2.32. The Balaban J connectivity index is 1.35. The summed E-state index contributed by atoms with van der Waals surface area (Å²) in [5.41, 5.74) is 3.68. The van der Waals surface area contributed by atoms with E-state index in [1.54, 1.807) is 0 Å². The Morgan fingerprint density at radius 2 is 1.89 bits per heavy atom. The molecule has 3 aliphatic rings. The van der Waals surface area contributed by atoms with E-state index in [4.69, 9.17) is 14.7 Å². The Kier molecular flexibility index (Phi) is 4.76. The van der Waals surface area contributed by atoms with Gasteiger partial charge in [0.15, 0.2) is 5.82 Å². The van der Waals surface area contributed by atoms with E-state index < -0.39 is 0 Å². The van der Waals surface area contributed by atoms with Crippen LogP contribution >= 0.6 is 0 Å². The molecule has 0 radical (unpaired) electrons. The van der Waals surface area contributed by atoms with Crippen molar-refractivity contribution in [3.8, 4) is 11.4 Å². The molecule has 2 aromatic rings. The number of nitrogens with zero attached hydrogens (tertiary/aromatic N) is 5. The van der Waals surface area contributed by atoms with Crippen LogP contribution in [0.25, 0.3) is 11.4 Å². The van der Waals surface area contributed by atoms with Crippen molar-refractivity contribution in [2.24, 2.45) is 5.92 Å². The average molecular weight is 365 g/mol. The minimum absolute atomic E-state index is 0.721. The van der Waals surface area contributed by atoms with Crippen LogP contribution in [0.1, 0.15) is 24.1 Å². The van der Waals surface area contributed by atoms with Crippen molar-refractivity contribution in [1.82, 2.24) is 19.9 Å². The van der Waals surface area contributed by atoms with Crippen molar-refractivity contribution in [1.29, 1.82) is 0 Å². The number of aryl methyl sites for hydroxylation is 1. The molecule has 0 saturated carbocycles. The molecule has 2 saturated heterocycles. The van der Waals surface area contributed by atoms with E-state index in [-0.39, 0.29) is 0 Å². The van der Waals surface area contributed by atoms with Crippen LogP contribution in [0.15, 0.2) is 24.5 Å². The molecule has 0 amide bonds. The van der Waals surface area contributed by atoms with Crippen molar-refractivity contribution in [2.75, 3.05) is 50.8 Å². The molecule has 2 fully saturated rings. The van der Waals surface area contributed by atoms with E-state index >= 15 is 0 Å². The van der Waals surface area contributed by atoms with Gasteiger partial charge in [-0.25, -0.2) is 9.97 Å². The van der Waals surface area contributed by atoms with E-state index in [1.165, 1.54) is 36.5 Å². The SMILES string of the molecule is c1cc(-c2nc3c(c(N4CCN(CC5CCOC5)CC4)n2)CCC3)ccn1. The lowest BCUT2D eigenvalue weighted by Crippen LogP contribution is -2.48. The molecular formula is C21H27N5O.